The summed E-state index contributed by atoms with van der Waals surface area (Å²) in [6.07, 6.45) is 7.09. The van der Waals surface area contributed by atoms with E-state index in [1.165, 1.54) is 0 Å². The molecule has 0 aliphatic heterocycles. The Kier molecular flexibility index (Phi) is 6.42. The Morgan fingerprint density at radius 1 is 0.929 bits per heavy atom. The fraction of sp³-hybridized carbons (Fsp3) is 0.318. The van der Waals surface area contributed by atoms with Crippen LogP contribution in [0.4, 0.5) is 0 Å². The molecule has 0 fully saturated rings. The number of benzene rings is 1. The normalized spacial score (nSPS) is 10.6. The third-order valence-corrected chi connectivity index (χ3v) is 4.47. The Labute approximate surface area is 165 Å². The summed E-state index contributed by atoms with van der Waals surface area (Å²) in [6.45, 7) is 1.88. The van der Waals surface area contributed by atoms with Crippen molar-refractivity contribution in [3.63, 3.8) is 0 Å². The Bertz CT molecular complexity index is 944. The van der Waals surface area contributed by atoms with E-state index < -0.39 is 0 Å². The van der Waals surface area contributed by atoms with Crippen molar-refractivity contribution < 1.29 is 14.2 Å². The SMILES string of the molecule is COc1ccnc(CCc2nc(C)n[c]c2Cc2ccc(OC)c(OC)c2)c1. The van der Waals surface area contributed by atoms with Gasteiger partial charge in [-0.25, -0.2) is 9.97 Å². The zero-order chi connectivity index (χ0) is 19.9. The third-order valence-electron chi connectivity index (χ3n) is 4.47. The van der Waals surface area contributed by atoms with Crippen molar-refractivity contribution >= 4 is 0 Å². The van der Waals surface area contributed by atoms with Gasteiger partial charge in [0.25, 0.3) is 0 Å². The summed E-state index contributed by atoms with van der Waals surface area (Å²) in [7, 11) is 4.92. The summed E-state index contributed by atoms with van der Waals surface area (Å²) in [5.74, 6) is 2.93. The maximum Gasteiger partial charge on any atom is 0.160 e. The minimum atomic E-state index is 0.668. The van der Waals surface area contributed by atoms with E-state index in [4.69, 9.17) is 14.2 Å². The summed E-state index contributed by atoms with van der Waals surface area (Å²) < 4.78 is 16.0. The molecule has 0 atom stereocenters. The van der Waals surface area contributed by atoms with Gasteiger partial charge in [0.15, 0.2) is 11.5 Å². The second-order valence-corrected chi connectivity index (χ2v) is 6.36. The molecule has 0 bridgehead atoms. The topological polar surface area (TPSA) is 66.4 Å². The lowest BCUT2D eigenvalue weighted by atomic mass is 10.0. The first-order valence-electron chi connectivity index (χ1n) is 9.06. The third kappa shape index (κ3) is 4.76. The first-order chi connectivity index (χ1) is 13.6. The van der Waals surface area contributed by atoms with Crippen LogP contribution < -0.4 is 14.2 Å². The second-order valence-electron chi connectivity index (χ2n) is 6.36. The van der Waals surface area contributed by atoms with Crippen LogP contribution in [0.3, 0.4) is 0 Å². The van der Waals surface area contributed by atoms with E-state index >= 15 is 0 Å². The molecule has 2 aromatic heterocycles. The molecule has 3 aromatic rings. The first kappa shape index (κ1) is 19.6. The van der Waals surface area contributed by atoms with Gasteiger partial charge in [0.1, 0.15) is 11.6 Å². The lowest BCUT2D eigenvalue weighted by Gasteiger charge is -2.12. The molecule has 6 nitrogen and oxygen atoms in total. The van der Waals surface area contributed by atoms with E-state index in [2.05, 4.69) is 21.1 Å². The van der Waals surface area contributed by atoms with Gasteiger partial charge in [0.05, 0.1) is 27.5 Å². The summed E-state index contributed by atoms with van der Waals surface area (Å²) >= 11 is 0. The summed E-state index contributed by atoms with van der Waals surface area (Å²) in [5.41, 5.74) is 4.00. The number of rotatable bonds is 8. The second kappa shape index (κ2) is 9.17. The molecule has 2 heterocycles. The number of hydrogen-bond donors (Lipinski definition) is 0. The van der Waals surface area contributed by atoms with Gasteiger partial charge in [-0.3, -0.25) is 4.98 Å². The highest BCUT2D eigenvalue weighted by Gasteiger charge is 2.11. The van der Waals surface area contributed by atoms with Crippen molar-refractivity contribution in [1.82, 2.24) is 15.0 Å². The van der Waals surface area contributed by atoms with Gasteiger partial charge in [0, 0.05) is 35.6 Å². The Morgan fingerprint density at radius 3 is 2.50 bits per heavy atom. The van der Waals surface area contributed by atoms with E-state index in [1.807, 2.05) is 37.3 Å². The predicted molar refractivity (Wildman–Crippen MR) is 106 cm³/mol. The number of aromatic nitrogens is 3. The van der Waals surface area contributed by atoms with E-state index in [0.29, 0.717) is 23.7 Å². The molecular weight excluding hydrogens is 354 g/mol. The molecule has 145 valence electrons. The summed E-state index contributed by atoms with van der Waals surface area (Å²) in [4.78, 5) is 13.3. The van der Waals surface area contributed by atoms with Gasteiger partial charge in [-0.15, -0.1) is 0 Å². The van der Waals surface area contributed by atoms with Crippen LogP contribution in [0.25, 0.3) is 0 Å². The molecule has 28 heavy (non-hydrogen) atoms. The molecule has 1 aromatic carbocycles. The average Bonchev–Trinajstić information content (AvgIpc) is 2.73. The monoisotopic (exact) mass is 378 g/mol. The van der Waals surface area contributed by atoms with Gasteiger partial charge in [0.2, 0.25) is 0 Å². The van der Waals surface area contributed by atoms with Crippen LogP contribution in [0, 0.1) is 13.1 Å². The van der Waals surface area contributed by atoms with E-state index in [9.17, 15) is 0 Å². The average molecular weight is 378 g/mol. The number of ether oxygens (including phenoxy) is 3. The van der Waals surface area contributed by atoms with Crippen LogP contribution in [0.1, 0.15) is 28.3 Å². The molecule has 0 spiro atoms. The fourth-order valence-electron chi connectivity index (χ4n) is 3.01. The smallest absolute Gasteiger partial charge is 0.160 e. The minimum Gasteiger partial charge on any atom is -0.497 e. The lowest BCUT2D eigenvalue weighted by Crippen LogP contribution is -2.06. The van der Waals surface area contributed by atoms with Crippen LogP contribution >= 0.6 is 0 Å². The summed E-state index contributed by atoms with van der Waals surface area (Å²) in [5, 5.41) is 0. The molecule has 0 saturated heterocycles. The molecule has 1 radical (unpaired) electrons. The molecule has 0 aliphatic carbocycles. The van der Waals surface area contributed by atoms with Crippen LogP contribution in [-0.4, -0.2) is 36.3 Å². The number of methoxy groups -OCH3 is 3. The highest BCUT2D eigenvalue weighted by atomic mass is 16.5. The van der Waals surface area contributed by atoms with E-state index in [1.54, 1.807) is 27.5 Å². The maximum absolute atomic E-state index is 5.40. The standard InChI is InChI=1S/C22H24N3O3/c1-15-24-14-17(11-16-5-8-21(27-3)22(12-16)28-4)20(25-15)7-6-18-13-19(26-2)9-10-23-18/h5,8-10,12-13H,6-7,11H2,1-4H3. The van der Waals surface area contributed by atoms with Crippen LogP contribution in [0.15, 0.2) is 36.5 Å². The minimum absolute atomic E-state index is 0.668. The number of hydrogen-bond acceptors (Lipinski definition) is 6. The number of nitrogens with zero attached hydrogens (tertiary/aromatic N) is 3. The largest absolute Gasteiger partial charge is 0.497 e. The first-order valence-corrected chi connectivity index (χ1v) is 9.06. The van der Waals surface area contributed by atoms with Crippen molar-refractivity contribution in [1.29, 1.82) is 0 Å². The Hall–Kier alpha value is -3.15. The van der Waals surface area contributed by atoms with Gasteiger partial charge < -0.3 is 14.2 Å². The fourth-order valence-corrected chi connectivity index (χ4v) is 3.01. The quantitative estimate of drug-likeness (QED) is 0.599. The van der Waals surface area contributed by atoms with Crippen LogP contribution in [0.5, 0.6) is 17.2 Å². The van der Waals surface area contributed by atoms with Crippen molar-refractivity contribution in [2.45, 2.75) is 26.2 Å². The highest BCUT2D eigenvalue weighted by Crippen LogP contribution is 2.28. The van der Waals surface area contributed by atoms with Gasteiger partial charge >= 0.3 is 0 Å². The van der Waals surface area contributed by atoms with Crippen LogP contribution in [-0.2, 0) is 19.3 Å². The van der Waals surface area contributed by atoms with Gasteiger partial charge in [-0.05, 0) is 43.5 Å². The van der Waals surface area contributed by atoms with Gasteiger partial charge in [-0.2, -0.15) is 0 Å². The lowest BCUT2D eigenvalue weighted by molar-refractivity contribution is 0.354. The Morgan fingerprint density at radius 2 is 1.75 bits per heavy atom. The molecule has 0 saturated carbocycles. The molecule has 0 aliphatic rings. The van der Waals surface area contributed by atoms with E-state index in [0.717, 1.165) is 41.1 Å². The molecule has 0 amide bonds. The van der Waals surface area contributed by atoms with Crippen molar-refractivity contribution in [3.8, 4) is 17.2 Å². The van der Waals surface area contributed by atoms with Crippen molar-refractivity contribution in [2.75, 3.05) is 21.3 Å². The van der Waals surface area contributed by atoms with Crippen molar-refractivity contribution in [2.24, 2.45) is 0 Å². The zero-order valence-corrected chi connectivity index (χ0v) is 16.7. The molecular formula is C22H24N3O3. The van der Waals surface area contributed by atoms with Crippen LogP contribution in [0.2, 0.25) is 0 Å². The zero-order valence-electron chi connectivity index (χ0n) is 16.7. The van der Waals surface area contributed by atoms with Crippen molar-refractivity contribution in [3.05, 3.63) is 71.1 Å². The highest BCUT2D eigenvalue weighted by molar-refractivity contribution is 5.44. The molecule has 0 N–H and O–H groups in total. The molecule has 3 rings (SSSR count). The molecule has 0 unspecified atom stereocenters. The van der Waals surface area contributed by atoms with E-state index in [-0.39, 0.29) is 0 Å². The van der Waals surface area contributed by atoms with Gasteiger partial charge in [-0.1, -0.05) is 6.07 Å². The number of pyridine rings is 1. The Balaban J connectivity index is 1.80. The maximum atomic E-state index is 5.40. The predicted octanol–water partition coefficient (Wildman–Crippen LogP) is 3.38. The summed E-state index contributed by atoms with van der Waals surface area (Å²) in [6, 6.07) is 9.69. The number of aryl methyl sites for hydroxylation is 3. The molecule has 6 heteroatoms.